The van der Waals surface area contributed by atoms with Crippen molar-refractivity contribution in [3.63, 3.8) is 0 Å². The maximum atomic E-state index is 10.8. The van der Waals surface area contributed by atoms with Crippen molar-refractivity contribution in [2.75, 3.05) is 12.4 Å². The first-order valence-corrected chi connectivity index (χ1v) is 6.29. The van der Waals surface area contributed by atoms with E-state index in [1.807, 2.05) is 18.2 Å². The quantitative estimate of drug-likeness (QED) is 0.671. The van der Waals surface area contributed by atoms with Crippen LogP contribution in [0.3, 0.4) is 0 Å². The molecule has 0 aliphatic rings. The number of nitro benzene ring substituents is 1. The summed E-state index contributed by atoms with van der Waals surface area (Å²) in [7, 11) is 1.52. The Morgan fingerprint density at radius 2 is 2.05 bits per heavy atom. The van der Waals surface area contributed by atoms with E-state index in [1.165, 1.54) is 19.2 Å². The monoisotopic (exact) mass is 292 g/mol. The standard InChI is InChI=1S/C14H13ClN2O3/c1-20-14-7-6-11(17(18)19)8-13(14)16-9-10-4-2-3-5-12(10)15/h2-8,16H,9H2,1H3. The molecule has 0 atom stereocenters. The van der Waals surface area contributed by atoms with Gasteiger partial charge in [-0.05, 0) is 17.7 Å². The molecule has 2 aromatic rings. The Morgan fingerprint density at radius 1 is 1.30 bits per heavy atom. The van der Waals surface area contributed by atoms with Gasteiger partial charge in [-0.3, -0.25) is 10.1 Å². The molecule has 0 saturated heterocycles. The molecule has 0 aromatic heterocycles. The van der Waals surface area contributed by atoms with Gasteiger partial charge in [0.05, 0.1) is 17.7 Å². The maximum absolute atomic E-state index is 10.8. The van der Waals surface area contributed by atoms with Gasteiger partial charge in [0, 0.05) is 23.7 Å². The summed E-state index contributed by atoms with van der Waals surface area (Å²) < 4.78 is 5.18. The third-order valence-electron chi connectivity index (χ3n) is 2.82. The van der Waals surface area contributed by atoms with E-state index in [0.717, 1.165) is 5.56 Å². The average Bonchev–Trinajstić information content (AvgIpc) is 2.46. The zero-order chi connectivity index (χ0) is 14.5. The molecule has 0 radical (unpaired) electrons. The van der Waals surface area contributed by atoms with Crippen LogP contribution in [0.5, 0.6) is 5.75 Å². The molecule has 0 heterocycles. The van der Waals surface area contributed by atoms with Crippen LogP contribution in [0.15, 0.2) is 42.5 Å². The SMILES string of the molecule is COc1ccc([N+](=O)[O-])cc1NCc1ccccc1Cl. The molecule has 5 nitrogen and oxygen atoms in total. The average molecular weight is 293 g/mol. The number of nitrogens with one attached hydrogen (secondary N) is 1. The van der Waals surface area contributed by atoms with Crippen molar-refractivity contribution in [2.45, 2.75) is 6.54 Å². The number of rotatable bonds is 5. The third-order valence-corrected chi connectivity index (χ3v) is 3.19. The van der Waals surface area contributed by atoms with Crippen molar-refractivity contribution < 1.29 is 9.66 Å². The van der Waals surface area contributed by atoms with Crippen LogP contribution in [0.2, 0.25) is 5.02 Å². The molecule has 2 aromatic carbocycles. The number of nitro groups is 1. The molecule has 104 valence electrons. The summed E-state index contributed by atoms with van der Waals surface area (Å²) in [6, 6.07) is 11.8. The van der Waals surface area contributed by atoms with Crippen molar-refractivity contribution in [1.29, 1.82) is 0 Å². The Balaban J connectivity index is 2.22. The largest absolute Gasteiger partial charge is 0.495 e. The van der Waals surface area contributed by atoms with E-state index in [2.05, 4.69) is 5.32 Å². The van der Waals surface area contributed by atoms with E-state index >= 15 is 0 Å². The molecule has 20 heavy (non-hydrogen) atoms. The van der Waals surface area contributed by atoms with E-state index in [9.17, 15) is 10.1 Å². The van der Waals surface area contributed by atoms with Crippen molar-refractivity contribution >= 4 is 23.0 Å². The van der Waals surface area contributed by atoms with Crippen LogP contribution >= 0.6 is 11.6 Å². The van der Waals surface area contributed by atoms with Gasteiger partial charge < -0.3 is 10.1 Å². The minimum absolute atomic E-state index is 0.00691. The highest BCUT2D eigenvalue weighted by atomic mass is 35.5. The Kier molecular flexibility index (Phi) is 4.42. The lowest BCUT2D eigenvalue weighted by Crippen LogP contribution is -2.02. The number of nitrogens with zero attached hydrogens (tertiary/aromatic N) is 1. The number of ether oxygens (including phenoxy) is 1. The first kappa shape index (κ1) is 14.1. The number of hydrogen-bond acceptors (Lipinski definition) is 4. The minimum atomic E-state index is -0.444. The molecule has 6 heteroatoms. The molecule has 0 unspecified atom stereocenters. The second kappa shape index (κ2) is 6.25. The second-order valence-corrected chi connectivity index (χ2v) is 4.49. The van der Waals surface area contributed by atoms with Gasteiger partial charge in [-0.2, -0.15) is 0 Å². The highest BCUT2D eigenvalue weighted by Crippen LogP contribution is 2.29. The molecule has 0 aliphatic carbocycles. The van der Waals surface area contributed by atoms with Gasteiger partial charge in [-0.25, -0.2) is 0 Å². The van der Waals surface area contributed by atoms with Crippen molar-refractivity contribution in [2.24, 2.45) is 0 Å². The van der Waals surface area contributed by atoms with Crippen LogP contribution < -0.4 is 10.1 Å². The molecule has 1 N–H and O–H groups in total. The second-order valence-electron chi connectivity index (χ2n) is 4.09. The first-order chi connectivity index (χ1) is 9.61. The van der Waals surface area contributed by atoms with E-state index < -0.39 is 4.92 Å². The molecule has 2 rings (SSSR count). The summed E-state index contributed by atoms with van der Waals surface area (Å²) in [4.78, 5) is 10.4. The summed E-state index contributed by atoms with van der Waals surface area (Å²) in [5, 5.41) is 14.5. The molecule has 0 saturated carbocycles. The van der Waals surface area contributed by atoms with Crippen LogP contribution in [0.4, 0.5) is 11.4 Å². The number of benzene rings is 2. The zero-order valence-electron chi connectivity index (χ0n) is 10.8. The number of non-ortho nitro benzene ring substituents is 1. The van der Waals surface area contributed by atoms with Crippen molar-refractivity contribution in [3.05, 3.63) is 63.2 Å². The van der Waals surface area contributed by atoms with Crippen LogP contribution in [0.25, 0.3) is 0 Å². The van der Waals surface area contributed by atoms with E-state index in [1.54, 1.807) is 12.1 Å². The Morgan fingerprint density at radius 3 is 2.70 bits per heavy atom. The van der Waals surface area contributed by atoms with Crippen LogP contribution in [0, 0.1) is 10.1 Å². The highest BCUT2D eigenvalue weighted by molar-refractivity contribution is 6.31. The van der Waals surface area contributed by atoms with Crippen LogP contribution in [0.1, 0.15) is 5.56 Å². The van der Waals surface area contributed by atoms with Gasteiger partial charge in [0.25, 0.3) is 5.69 Å². The fraction of sp³-hybridized carbons (Fsp3) is 0.143. The molecule has 0 bridgehead atoms. The molecule has 0 aliphatic heterocycles. The fourth-order valence-corrected chi connectivity index (χ4v) is 1.98. The molecular formula is C14H13ClN2O3. The summed E-state index contributed by atoms with van der Waals surface area (Å²) in [6.45, 7) is 0.456. The molecule has 0 spiro atoms. The lowest BCUT2D eigenvalue weighted by molar-refractivity contribution is -0.384. The highest BCUT2D eigenvalue weighted by Gasteiger charge is 2.11. The first-order valence-electron chi connectivity index (χ1n) is 5.91. The van der Waals surface area contributed by atoms with Crippen LogP contribution in [-0.4, -0.2) is 12.0 Å². The third kappa shape index (κ3) is 3.19. The van der Waals surface area contributed by atoms with E-state index in [0.29, 0.717) is 23.0 Å². The Hall–Kier alpha value is -2.27. The topological polar surface area (TPSA) is 64.4 Å². The number of methoxy groups -OCH3 is 1. The lowest BCUT2D eigenvalue weighted by atomic mass is 10.2. The normalized spacial score (nSPS) is 10.1. The fourth-order valence-electron chi connectivity index (χ4n) is 1.78. The summed E-state index contributed by atoms with van der Waals surface area (Å²) in [5.41, 5.74) is 1.47. The number of hydrogen-bond donors (Lipinski definition) is 1. The van der Waals surface area contributed by atoms with Gasteiger partial charge in [0.1, 0.15) is 5.75 Å². The predicted molar refractivity (Wildman–Crippen MR) is 78.4 cm³/mol. The smallest absolute Gasteiger partial charge is 0.271 e. The predicted octanol–water partition coefficient (Wildman–Crippen LogP) is 3.87. The minimum Gasteiger partial charge on any atom is -0.495 e. The summed E-state index contributed by atoms with van der Waals surface area (Å²) in [5.74, 6) is 0.544. The number of anilines is 1. The summed E-state index contributed by atoms with van der Waals surface area (Å²) in [6.07, 6.45) is 0. The van der Waals surface area contributed by atoms with Gasteiger partial charge >= 0.3 is 0 Å². The van der Waals surface area contributed by atoms with Gasteiger partial charge in [-0.1, -0.05) is 29.8 Å². The molecular weight excluding hydrogens is 280 g/mol. The summed E-state index contributed by atoms with van der Waals surface area (Å²) >= 11 is 6.07. The van der Waals surface area contributed by atoms with E-state index in [-0.39, 0.29) is 5.69 Å². The molecule has 0 fully saturated rings. The van der Waals surface area contributed by atoms with Crippen molar-refractivity contribution in [1.82, 2.24) is 0 Å². The van der Waals surface area contributed by atoms with Crippen LogP contribution in [-0.2, 0) is 6.54 Å². The number of halogens is 1. The van der Waals surface area contributed by atoms with Gasteiger partial charge in [0.15, 0.2) is 0 Å². The van der Waals surface area contributed by atoms with Crippen molar-refractivity contribution in [3.8, 4) is 5.75 Å². The van der Waals surface area contributed by atoms with Gasteiger partial charge in [0.2, 0.25) is 0 Å². The van der Waals surface area contributed by atoms with E-state index in [4.69, 9.17) is 16.3 Å². The Labute approximate surface area is 121 Å². The maximum Gasteiger partial charge on any atom is 0.271 e. The Bertz CT molecular complexity index is 632. The zero-order valence-corrected chi connectivity index (χ0v) is 11.6. The lowest BCUT2D eigenvalue weighted by Gasteiger charge is -2.11. The molecule has 0 amide bonds. The van der Waals surface area contributed by atoms with Gasteiger partial charge in [-0.15, -0.1) is 0 Å².